The molecule has 134 valence electrons. The van der Waals surface area contributed by atoms with Gasteiger partial charge in [-0.05, 0) is 6.92 Å². The van der Waals surface area contributed by atoms with Gasteiger partial charge in [0.2, 0.25) is 5.91 Å². The lowest BCUT2D eigenvalue weighted by Gasteiger charge is -2.33. The molecule has 3 amide bonds. The molecule has 2 N–H and O–H groups in total. The molecule has 0 bridgehead atoms. The number of aromatic nitrogens is 1. The Morgan fingerprint density at radius 3 is 2.62 bits per heavy atom. The maximum Gasteiger partial charge on any atom is 0.321 e. The number of carbonyl (C=O) groups is 2. The Morgan fingerprint density at radius 1 is 1.29 bits per heavy atom. The average molecular weight is 339 g/mol. The molecule has 0 aliphatic carbocycles. The summed E-state index contributed by atoms with van der Waals surface area (Å²) < 4.78 is 9.89. The molecule has 0 unspecified atom stereocenters. The first-order valence-corrected chi connectivity index (χ1v) is 8.00. The van der Waals surface area contributed by atoms with Crippen LogP contribution in [-0.2, 0) is 16.1 Å². The third kappa shape index (κ3) is 6.26. The minimum Gasteiger partial charge on any atom is -0.383 e. The van der Waals surface area contributed by atoms with Crippen LogP contribution in [0.3, 0.4) is 0 Å². The molecular weight excluding hydrogens is 314 g/mol. The molecular formula is C15H25N5O4. The fourth-order valence-corrected chi connectivity index (χ4v) is 2.51. The Bertz CT molecular complexity index is 540. The summed E-state index contributed by atoms with van der Waals surface area (Å²) in [4.78, 5) is 27.6. The summed E-state index contributed by atoms with van der Waals surface area (Å²) in [6.07, 6.45) is 0. The van der Waals surface area contributed by atoms with E-state index >= 15 is 0 Å². The number of carbonyl (C=O) groups excluding carboxylic acids is 2. The number of methoxy groups -OCH3 is 1. The van der Waals surface area contributed by atoms with Crippen LogP contribution in [0.4, 0.5) is 4.79 Å². The number of hydrogen-bond donors (Lipinski definition) is 2. The highest BCUT2D eigenvalue weighted by Crippen LogP contribution is 2.08. The molecule has 0 aromatic carbocycles. The molecule has 0 atom stereocenters. The predicted molar refractivity (Wildman–Crippen MR) is 86.4 cm³/mol. The molecule has 9 heteroatoms. The van der Waals surface area contributed by atoms with Crippen molar-refractivity contribution in [3.8, 4) is 0 Å². The van der Waals surface area contributed by atoms with E-state index < -0.39 is 6.03 Å². The van der Waals surface area contributed by atoms with Crippen molar-refractivity contribution < 1.29 is 18.8 Å². The monoisotopic (exact) mass is 339 g/mol. The number of imide groups is 1. The van der Waals surface area contributed by atoms with Crippen molar-refractivity contribution in [2.45, 2.75) is 13.5 Å². The highest BCUT2D eigenvalue weighted by atomic mass is 16.5. The molecule has 0 radical (unpaired) electrons. The van der Waals surface area contributed by atoms with Crippen LogP contribution in [0, 0.1) is 6.92 Å². The third-order valence-corrected chi connectivity index (χ3v) is 3.74. The van der Waals surface area contributed by atoms with E-state index in [1.54, 1.807) is 7.11 Å². The number of nitrogens with one attached hydrogen (secondary N) is 2. The van der Waals surface area contributed by atoms with Crippen LogP contribution >= 0.6 is 0 Å². The number of amides is 3. The molecule has 0 saturated carbocycles. The van der Waals surface area contributed by atoms with Crippen molar-refractivity contribution >= 4 is 11.9 Å². The van der Waals surface area contributed by atoms with Crippen molar-refractivity contribution in [1.82, 2.24) is 25.6 Å². The lowest BCUT2D eigenvalue weighted by Crippen LogP contribution is -2.51. The van der Waals surface area contributed by atoms with E-state index in [-0.39, 0.29) is 12.5 Å². The van der Waals surface area contributed by atoms with Gasteiger partial charge in [0, 0.05) is 52.4 Å². The molecule has 1 aromatic rings. The number of urea groups is 1. The Kier molecular flexibility index (Phi) is 7.16. The zero-order valence-corrected chi connectivity index (χ0v) is 14.2. The van der Waals surface area contributed by atoms with Gasteiger partial charge >= 0.3 is 6.03 Å². The van der Waals surface area contributed by atoms with Crippen LogP contribution in [0.25, 0.3) is 0 Å². The summed E-state index contributed by atoms with van der Waals surface area (Å²) in [7, 11) is 1.55. The van der Waals surface area contributed by atoms with Crippen molar-refractivity contribution in [3.63, 3.8) is 0 Å². The zero-order valence-electron chi connectivity index (χ0n) is 14.2. The van der Waals surface area contributed by atoms with Gasteiger partial charge in [0.1, 0.15) is 5.76 Å². The van der Waals surface area contributed by atoms with Gasteiger partial charge in [0.15, 0.2) is 0 Å². The summed E-state index contributed by atoms with van der Waals surface area (Å²) in [6.45, 7) is 6.86. The Balaban J connectivity index is 1.63. The van der Waals surface area contributed by atoms with Crippen LogP contribution in [0.1, 0.15) is 11.5 Å². The molecule has 1 aliphatic heterocycles. The zero-order chi connectivity index (χ0) is 17.4. The van der Waals surface area contributed by atoms with Gasteiger partial charge in [0.05, 0.1) is 18.8 Å². The number of rotatable bonds is 7. The Labute approximate surface area is 141 Å². The number of ether oxygens (including phenoxy) is 1. The fraction of sp³-hybridized carbons (Fsp3) is 0.667. The molecule has 1 fully saturated rings. The second kappa shape index (κ2) is 9.36. The molecule has 2 rings (SSSR count). The van der Waals surface area contributed by atoms with E-state index in [0.717, 1.165) is 44.2 Å². The smallest absolute Gasteiger partial charge is 0.321 e. The fourth-order valence-electron chi connectivity index (χ4n) is 2.51. The van der Waals surface area contributed by atoms with Gasteiger partial charge < -0.3 is 14.6 Å². The summed E-state index contributed by atoms with van der Waals surface area (Å²) in [5.74, 6) is 0.509. The Morgan fingerprint density at radius 2 is 2.00 bits per heavy atom. The molecule has 24 heavy (non-hydrogen) atoms. The topological polar surface area (TPSA) is 99.9 Å². The molecule has 9 nitrogen and oxygen atoms in total. The van der Waals surface area contributed by atoms with Crippen molar-refractivity contribution in [1.29, 1.82) is 0 Å². The van der Waals surface area contributed by atoms with E-state index in [1.807, 2.05) is 17.9 Å². The first kappa shape index (κ1) is 18.4. The van der Waals surface area contributed by atoms with Crippen LogP contribution < -0.4 is 10.6 Å². The van der Waals surface area contributed by atoms with Gasteiger partial charge in [-0.1, -0.05) is 5.16 Å². The van der Waals surface area contributed by atoms with E-state index in [1.165, 1.54) is 0 Å². The number of aryl methyl sites for hydroxylation is 1. The minimum absolute atomic E-state index is 0.217. The van der Waals surface area contributed by atoms with E-state index in [9.17, 15) is 9.59 Å². The summed E-state index contributed by atoms with van der Waals surface area (Å²) in [5, 5.41) is 8.86. The predicted octanol–water partition coefficient (Wildman–Crippen LogP) is -0.427. The van der Waals surface area contributed by atoms with Crippen LogP contribution in [0.5, 0.6) is 0 Å². The highest BCUT2D eigenvalue weighted by molar-refractivity contribution is 5.95. The summed E-state index contributed by atoms with van der Waals surface area (Å²) in [6, 6.07) is 1.44. The van der Waals surface area contributed by atoms with Crippen LogP contribution in [-0.4, -0.2) is 79.9 Å². The number of piperazine rings is 1. The van der Waals surface area contributed by atoms with Gasteiger partial charge in [-0.25, -0.2) is 4.79 Å². The Hall–Kier alpha value is -1.97. The van der Waals surface area contributed by atoms with Gasteiger partial charge in [-0.15, -0.1) is 0 Å². The average Bonchev–Trinajstić information content (AvgIpc) is 2.94. The van der Waals surface area contributed by atoms with Crippen LogP contribution in [0.2, 0.25) is 0 Å². The van der Waals surface area contributed by atoms with Crippen molar-refractivity contribution in [2.75, 3.05) is 53.0 Å². The number of hydrogen-bond acceptors (Lipinski definition) is 7. The maximum absolute atomic E-state index is 11.8. The van der Waals surface area contributed by atoms with E-state index in [0.29, 0.717) is 13.2 Å². The normalized spacial score (nSPS) is 16.1. The SMILES string of the molecule is COCCNC(=O)NC(=O)CN1CCN(Cc2cc(C)on2)CC1. The van der Waals surface area contributed by atoms with Crippen LogP contribution in [0.15, 0.2) is 10.6 Å². The van der Waals surface area contributed by atoms with Crippen molar-refractivity contribution in [3.05, 3.63) is 17.5 Å². The summed E-state index contributed by atoms with van der Waals surface area (Å²) >= 11 is 0. The molecule has 1 aromatic heterocycles. The van der Waals surface area contributed by atoms with E-state index in [4.69, 9.17) is 9.26 Å². The molecule has 0 spiro atoms. The number of nitrogens with zero attached hydrogens (tertiary/aromatic N) is 3. The second-order valence-electron chi connectivity index (χ2n) is 5.78. The van der Waals surface area contributed by atoms with Gasteiger partial charge in [-0.2, -0.15) is 0 Å². The molecule has 1 aliphatic rings. The lowest BCUT2D eigenvalue weighted by molar-refractivity contribution is -0.121. The maximum atomic E-state index is 11.8. The molecule has 2 heterocycles. The standard InChI is InChI=1S/C15H25N5O4/c1-12-9-13(18-24-12)10-19-4-6-20(7-5-19)11-14(21)17-15(22)16-3-8-23-2/h9H,3-8,10-11H2,1-2H3,(H2,16,17,21,22). The minimum atomic E-state index is -0.489. The first-order valence-electron chi connectivity index (χ1n) is 8.00. The largest absolute Gasteiger partial charge is 0.383 e. The first-order chi connectivity index (χ1) is 11.6. The quantitative estimate of drug-likeness (QED) is 0.650. The van der Waals surface area contributed by atoms with Crippen molar-refractivity contribution in [2.24, 2.45) is 0 Å². The van der Waals surface area contributed by atoms with E-state index in [2.05, 4.69) is 20.7 Å². The van der Waals surface area contributed by atoms with Gasteiger partial charge in [0.25, 0.3) is 0 Å². The highest BCUT2D eigenvalue weighted by Gasteiger charge is 2.20. The summed E-state index contributed by atoms with van der Waals surface area (Å²) in [5.41, 5.74) is 0.923. The third-order valence-electron chi connectivity index (χ3n) is 3.74. The second-order valence-corrected chi connectivity index (χ2v) is 5.78. The van der Waals surface area contributed by atoms with Gasteiger partial charge in [-0.3, -0.25) is 19.9 Å². The molecule has 1 saturated heterocycles. The lowest BCUT2D eigenvalue weighted by atomic mass is 10.2.